The first kappa shape index (κ1) is 24.2. The van der Waals surface area contributed by atoms with Gasteiger partial charge in [0.05, 0.1) is 17.4 Å². The van der Waals surface area contributed by atoms with Crippen molar-refractivity contribution in [2.45, 2.75) is 45.6 Å². The van der Waals surface area contributed by atoms with Gasteiger partial charge in [-0.2, -0.15) is 0 Å². The fourth-order valence-electron chi connectivity index (χ4n) is 5.83. The standard InChI is InChI=1S/C36H34N2/c1-3-25-18-12-19-26(4-2)35(25)38-36(33-23-13-22-32(37-33)27-14-6-5-7-15-27)34-30-20-10-8-16-28(30)24-29-17-9-11-21-31(29)34/h5-6,8-14,16-24,36,38H,3-4,7,15H2,1-2H3. The average molecular weight is 495 g/mol. The number of pyridine rings is 1. The maximum Gasteiger partial charge on any atom is 0.0952 e. The van der Waals surface area contributed by atoms with Gasteiger partial charge < -0.3 is 5.32 Å². The lowest BCUT2D eigenvalue weighted by molar-refractivity contribution is 0.883. The molecule has 0 saturated heterocycles. The van der Waals surface area contributed by atoms with Crippen molar-refractivity contribution in [2.24, 2.45) is 0 Å². The highest BCUT2D eigenvalue weighted by molar-refractivity contribution is 6.03. The number of fused-ring (bicyclic) bond motifs is 2. The minimum Gasteiger partial charge on any atom is -0.372 e. The molecule has 0 amide bonds. The molecule has 1 N–H and O–H groups in total. The molecular weight excluding hydrogens is 460 g/mol. The van der Waals surface area contributed by atoms with Gasteiger partial charge in [-0.3, -0.25) is 4.98 Å². The third-order valence-corrected chi connectivity index (χ3v) is 7.80. The molecule has 1 aromatic heterocycles. The summed E-state index contributed by atoms with van der Waals surface area (Å²) in [5.41, 5.74) is 8.64. The van der Waals surface area contributed by atoms with Crippen molar-refractivity contribution in [1.29, 1.82) is 0 Å². The average Bonchev–Trinajstić information content (AvgIpc) is 2.99. The summed E-state index contributed by atoms with van der Waals surface area (Å²) in [6.45, 7) is 4.48. The summed E-state index contributed by atoms with van der Waals surface area (Å²) < 4.78 is 0. The van der Waals surface area contributed by atoms with Gasteiger partial charge in [-0.05, 0) is 87.7 Å². The number of aromatic nitrogens is 1. The maximum atomic E-state index is 5.33. The second-order valence-corrected chi connectivity index (χ2v) is 10.1. The number of benzene rings is 4. The molecule has 1 unspecified atom stereocenters. The molecule has 1 heterocycles. The lowest BCUT2D eigenvalue weighted by atomic mass is 9.89. The van der Waals surface area contributed by atoms with E-state index < -0.39 is 0 Å². The van der Waals surface area contributed by atoms with E-state index in [0.717, 1.165) is 37.1 Å². The van der Waals surface area contributed by atoms with Crippen LogP contribution in [0.1, 0.15) is 60.8 Å². The zero-order valence-corrected chi connectivity index (χ0v) is 22.2. The molecule has 0 saturated carbocycles. The van der Waals surface area contributed by atoms with Crippen LogP contribution in [0, 0.1) is 0 Å². The van der Waals surface area contributed by atoms with Gasteiger partial charge in [0.1, 0.15) is 0 Å². The molecule has 0 aliphatic heterocycles. The molecule has 1 aliphatic rings. The summed E-state index contributed by atoms with van der Waals surface area (Å²) in [7, 11) is 0. The number of nitrogens with one attached hydrogen (secondary N) is 1. The van der Waals surface area contributed by atoms with Crippen molar-refractivity contribution in [3.05, 3.63) is 137 Å². The summed E-state index contributed by atoms with van der Waals surface area (Å²) in [6, 6.07) is 33.0. The SMILES string of the molecule is CCc1cccc(CC)c1NC(c1cccc(C2=CC=CCC2)n1)c1c2ccccc2cc2ccccc12. The minimum absolute atomic E-state index is 0.108. The number of hydrogen-bond donors (Lipinski definition) is 1. The second kappa shape index (κ2) is 10.7. The number of hydrogen-bond acceptors (Lipinski definition) is 2. The van der Waals surface area contributed by atoms with Crippen LogP contribution in [0.25, 0.3) is 27.1 Å². The van der Waals surface area contributed by atoms with Crippen LogP contribution in [0.3, 0.4) is 0 Å². The van der Waals surface area contributed by atoms with E-state index in [1.54, 1.807) is 0 Å². The molecule has 0 bridgehead atoms. The third kappa shape index (κ3) is 4.52. The number of nitrogens with zero attached hydrogens (tertiary/aromatic N) is 1. The van der Waals surface area contributed by atoms with Gasteiger partial charge in [-0.15, -0.1) is 0 Å². The lowest BCUT2D eigenvalue weighted by Gasteiger charge is -2.27. The number of anilines is 1. The summed E-state index contributed by atoms with van der Waals surface area (Å²) in [6.07, 6.45) is 10.7. The van der Waals surface area contributed by atoms with Crippen LogP contribution in [-0.2, 0) is 12.8 Å². The van der Waals surface area contributed by atoms with Gasteiger partial charge in [0.15, 0.2) is 0 Å². The van der Waals surface area contributed by atoms with Crippen molar-refractivity contribution in [2.75, 3.05) is 5.32 Å². The van der Waals surface area contributed by atoms with E-state index in [-0.39, 0.29) is 6.04 Å². The van der Waals surface area contributed by atoms with Crippen LogP contribution in [0.5, 0.6) is 0 Å². The summed E-state index contributed by atoms with van der Waals surface area (Å²) in [4.78, 5) is 5.33. The Morgan fingerprint density at radius 2 is 1.42 bits per heavy atom. The van der Waals surface area contributed by atoms with Crippen molar-refractivity contribution in [3.63, 3.8) is 0 Å². The van der Waals surface area contributed by atoms with Crippen LogP contribution in [0.2, 0.25) is 0 Å². The fourth-order valence-corrected chi connectivity index (χ4v) is 5.83. The predicted molar refractivity (Wildman–Crippen MR) is 163 cm³/mol. The molecule has 0 spiro atoms. The van der Waals surface area contributed by atoms with E-state index in [4.69, 9.17) is 4.98 Å². The van der Waals surface area contributed by atoms with E-state index in [0.29, 0.717) is 0 Å². The van der Waals surface area contributed by atoms with E-state index in [1.807, 2.05) is 0 Å². The first-order chi connectivity index (χ1) is 18.8. The van der Waals surface area contributed by atoms with Gasteiger partial charge in [-0.1, -0.05) is 105 Å². The molecule has 6 rings (SSSR count). The van der Waals surface area contributed by atoms with Crippen LogP contribution < -0.4 is 5.32 Å². The molecule has 2 heteroatoms. The zero-order chi connectivity index (χ0) is 25.9. The Morgan fingerprint density at radius 3 is 2.05 bits per heavy atom. The maximum absolute atomic E-state index is 5.33. The fraction of sp³-hybridized carbons (Fsp3) is 0.194. The highest BCUT2D eigenvalue weighted by Crippen LogP contribution is 2.39. The van der Waals surface area contributed by atoms with Crippen molar-refractivity contribution >= 4 is 32.8 Å². The second-order valence-electron chi connectivity index (χ2n) is 10.1. The molecule has 4 aromatic carbocycles. The monoisotopic (exact) mass is 494 g/mol. The zero-order valence-electron chi connectivity index (χ0n) is 22.2. The molecule has 5 aromatic rings. The van der Waals surface area contributed by atoms with Crippen LogP contribution >= 0.6 is 0 Å². The first-order valence-electron chi connectivity index (χ1n) is 13.9. The van der Waals surface area contributed by atoms with Gasteiger partial charge in [-0.25, -0.2) is 0 Å². The Morgan fingerprint density at radius 1 is 0.763 bits per heavy atom. The molecule has 0 radical (unpaired) electrons. The Labute approximate surface area is 225 Å². The smallest absolute Gasteiger partial charge is 0.0952 e. The van der Waals surface area contributed by atoms with Crippen LogP contribution in [-0.4, -0.2) is 4.98 Å². The van der Waals surface area contributed by atoms with Gasteiger partial charge in [0.2, 0.25) is 0 Å². The summed E-state index contributed by atoms with van der Waals surface area (Å²) >= 11 is 0. The topological polar surface area (TPSA) is 24.9 Å². The van der Waals surface area contributed by atoms with Gasteiger partial charge >= 0.3 is 0 Å². The van der Waals surface area contributed by atoms with Crippen molar-refractivity contribution in [3.8, 4) is 0 Å². The highest BCUT2D eigenvalue weighted by atomic mass is 15.0. The number of aryl methyl sites for hydroxylation is 2. The molecule has 38 heavy (non-hydrogen) atoms. The molecular formula is C36H34N2. The highest BCUT2D eigenvalue weighted by Gasteiger charge is 2.24. The Balaban J connectivity index is 1.63. The van der Waals surface area contributed by atoms with E-state index in [1.165, 1.54) is 49.5 Å². The van der Waals surface area contributed by atoms with Crippen molar-refractivity contribution < 1.29 is 0 Å². The molecule has 0 fully saturated rings. The molecule has 188 valence electrons. The van der Waals surface area contributed by atoms with E-state index in [2.05, 4.69) is 128 Å². The van der Waals surface area contributed by atoms with Crippen LogP contribution in [0.4, 0.5) is 5.69 Å². The summed E-state index contributed by atoms with van der Waals surface area (Å²) in [5, 5.41) is 9.11. The van der Waals surface area contributed by atoms with Crippen molar-refractivity contribution in [1.82, 2.24) is 4.98 Å². The van der Waals surface area contributed by atoms with Gasteiger partial charge in [0, 0.05) is 5.69 Å². The summed E-state index contributed by atoms with van der Waals surface area (Å²) in [5.74, 6) is 0. The molecule has 1 aliphatic carbocycles. The number of para-hydroxylation sites is 1. The van der Waals surface area contributed by atoms with Gasteiger partial charge in [0.25, 0.3) is 0 Å². The van der Waals surface area contributed by atoms with E-state index in [9.17, 15) is 0 Å². The Kier molecular flexibility index (Phi) is 6.79. The normalized spacial score (nSPS) is 14.0. The minimum atomic E-state index is -0.108. The Hall–Kier alpha value is -4.17. The molecule has 2 nitrogen and oxygen atoms in total. The van der Waals surface area contributed by atoms with Crippen LogP contribution in [0.15, 0.2) is 109 Å². The molecule has 1 atom stereocenters. The third-order valence-electron chi connectivity index (χ3n) is 7.80. The quantitative estimate of drug-likeness (QED) is 0.228. The number of rotatable bonds is 7. The largest absolute Gasteiger partial charge is 0.372 e. The predicted octanol–water partition coefficient (Wildman–Crippen LogP) is 9.45. The number of allylic oxidation sites excluding steroid dienone is 4. The Bertz CT molecular complexity index is 1600. The first-order valence-corrected chi connectivity index (χ1v) is 13.9. The lowest BCUT2D eigenvalue weighted by Crippen LogP contribution is -2.18. The van der Waals surface area contributed by atoms with E-state index >= 15 is 0 Å².